The molecule has 4 nitrogen and oxygen atoms in total. The van der Waals surface area contributed by atoms with E-state index in [9.17, 15) is 12.8 Å². The number of hydrogen-bond acceptors (Lipinski definition) is 3. The molecule has 114 valence electrons. The van der Waals surface area contributed by atoms with Gasteiger partial charge in [-0.25, -0.2) is 17.5 Å². The van der Waals surface area contributed by atoms with E-state index in [1.165, 1.54) is 12.1 Å². The van der Waals surface area contributed by atoms with Crippen LogP contribution in [-0.2, 0) is 10.0 Å². The Morgan fingerprint density at radius 1 is 1.25 bits per heavy atom. The third kappa shape index (κ3) is 4.76. The Kier molecular flexibility index (Phi) is 6.42. The minimum atomic E-state index is -3.84. The number of hydrogen-bond donors (Lipinski definition) is 2. The molecule has 0 saturated heterocycles. The van der Waals surface area contributed by atoms with Gasteiger partial charge in [0.05, 0.1) is 0 Å². The van der Waals surface area contributed by atoms with E-state index in [0.717, 1.165) is 38.2 Å². The lowest BCUT2D eigenvalue weighted by Gasteiger charge is -2.18. The van der Waals surface area contributed by atoms with Gasteiger partial charge >= 0.3 is 0 Å². The van der Waals surface area contributed by atoms with Crippen LogP contribution in [0.5, 0.6) is 0 Å². The molecule has 6 heteroatoms. The van der Waals surface area contributed by atoms with Crippen LogP contribution in [0.3, 0.4) is 0 Å². The van der Waals surface area contributed by atoms with Crippen LogP contribution in [-0.4, -0.2) is 14.5 Å². The molecule has 0 spiro atoms. The summed E-state index contributed by atoms with van der Waals surface area (Å²) in [5, 5.41) is 0. The van der Waals surface area contributed by atoms with Crippen LogP contribution in [0, 0.1) is 5.82 Å². The predicted molar refractivity (Wildman–Crippen MR) is 79.4 cm³/mol. The molecule has 20 heavy (non-hydrogen) atoms. The summed E-state index contributed by atoms with van der Waals surface area (Å²) in [5.74, 6) is -0.816. The van der Waals surface area contributed by atoms with Gasteiger partial charge in [-0.05, 0) is 31.0 Å². The first-order valence-corrected chi connectivity index (χ1v) is 8.46. The first-order valence-electron chi connectivity index (χ1n) is 6.98. The van der Waals surface area contributed by atoms with E-state index in [0.29, 0.717) is 0 Å². The molecular formula is C14H23FN2O2S. The fourth-order valence-electron chi connectivity index (χ4n) is 2.08. The number of rotatable bonds is 8. The van der Waals surface area contributed by atoms with Gasteiger partial charge in [-0.3, -0.25) is 0 Å². The standard InChI is InChI=1S/C14H23FN2O2S/c1-3-5-7-12(6-4-2)17-20(18,19)14-9-8-11(16)10-13(14)15/h8-10,12,17H,3-7,16H2,1-2H3. The van der Waals surface area contributed by atoms with E-state index in [2.05, 4.69) is 11.6 Å². The van der Waals surface area contributed by atoms with Crippen molar-refractivity contribution < 1.29 is 12.8 Å². The number of sulfonamides is 1. The summed E-state index contributed by atoms with van der Waals surface area (Å²) >= 11 is 0. The van der Waals surface area contributed by atoms with Crippen LogP contribution in [0.4, 0.5) is 10.1 Å². The zero-order valence-corrected chi connectivity index (χ0v) is 12.8. The van der Waals surface area contributed by atoms with Gasteiger partial charge in [0, 0.05) is 11.7 Å². The topological polar surface area (TPSA) is 72.2 Å². The molecule has 0 aliphatic heterocycles. The monoisotopic (exact) mass is 302 g/mol. The molecule has 0 saturated carbocycles. The van der Waals surface area contributed by atoms with Crippen molar-refractivity contribution in [2.45, 2.75) is 56.9 Å². The Morgan fingerprint density at radius 3 is 2.50 bits per heavy atom. The summed E-state index contributed by atoms with van der Waals surface area (Å²) in [6.07, 6.45) is 4.33. The van der Waals surface area contributed by atoms with Gasteiger partial charge in [0.2, 0.25) is 10.0 Å². The first-order chi connectivity index (χ1) is 9.40. The van der Waals surface area contributed by atoms with E-state index in [-0.39, 0.29) is 16.6 Å². The second-order valence-corrected chi connectivity index (χ2v) is 6.62. The minimum Gasteiger partial charge on any atom is -0.399 e. The predicted octanol–water partition coefficient (Wildman–Crippen LogP) is 3.05. The SMILES string of the molecule is CCCCC(CCC)NS(=O)(=O)c1ccc(N)cc1F. The summed E-state index contributed by atoms with van der Waals surface area (Å²) in [7, 11) is -3.84. The minimum absolute atomic E-state index is 0.151. The lowest BCUT2D eigenvalue weighted by Crippen LogP contribution is -2.35. The summed E-state index contributed by atoms with van der Waals surface area (Å²) in [6, 6.07) is 3.46. The highest BCUT2D eigenvalue weighted by Crippen LogP contribution is 2.19. The van der Waals surface area contributed by atoms with Gasteiger partial charge < -0.3 is 5.73 Å². The zero-order chi connectivity index (χ0) is 15.2. The molecule has 1 rings (SSSR count). The summed E-state index contributed by atoms with van der Waals surface area (Å²) in [5.41, 5.74) is 5.64. The van der Waals surface area contributed by atoms with Gasteiger partial charge in [-0.2, -0.15) is 0 Å². The van der Waals surface area contributed by atoms with E-state index in [1.807, 2.05) is 6.92 Å². The zero-order valence-electron chi connectivity index (χ0n) is 12.0. The van der Waals surface area contributed by atoms with Crippen molar-refractivity contribution in [3.8, 4) is 0 Å². The van der Waals surface area contributed by atoms with Crippen molar-refractivity contribution in [2.75, 3.05) is 5.73 Å². The number of unbranched alkanes of at least 4 members (excludes halogenated alkanes) is 1. The van der Waals surface area contributed by atoms with Crippen LogP contribution >= 0.6 is 0 Å². The fourth-order valence-corrected chi connectivity index (χ4v) is 3.44. The number of nitrogens with two attached hydrogens (primary N) is 1. The summed E-state index contributed by atoms with van der Waals surface area (Å²) in [4.78, 5) is -0.343. The van der Waals surface area contributed by atoms with Crippen LogP contribution < -0.4 is 10.5 Å². The highest BCUT2D eigenvalue weighted by Gasteiger charge is 2.22. The quantitative estimate of drug-likeness (QED) is 0.725. The molecule has 1 aromatic rings. The molecule has 0 radical (unpaired) electrons. The van der Waals surface area contributed by atoms with Gasteiger partial charge in [0.25, 0.3) is 0 Å². The maximum absolute atomic E-state index is 13.7. The lowest BCUT2D eigenvalue weighted by molar-refractivity contribution is 0.480. The van der Waals surface area contributed by atoms with Crippen molar-refractivity contribution >= 4 is 15.7 Å². The molecular weight excluding hydrogens is 279 g/mol. The van der Waals surface area contributed by atoms with E-state index in [1.54, 1.807) is 0 Å². The molecule has 1 unspecified atom stereocenters. The van der Waals surface area contributed by atoms with Crippen molar-refractivity contribution in [3.05, 3.63) is 24.0 Å². The molecule has 0 bridgehead atoms. The molecule has 0 aromatic heterocycles. The molecule has 0 aliphatic rings. The van der Waals surface area contributed by atoms with Gasteiger partial charge in [-0.15, -0.1) is 0 Å². The highest BCUT2D eigenvalue weighted by molar-refractivity contribution is 7.89. The molecule has 0 amide bonds. The first kappa shape index (κ1) is 16.9. The van der Waals surface area contributed by atoms with E-state index >= 15 is 0 Å². The Hall–Kier alpha value is -1.14. The average molecular weight is 302 g/mol. The normalized spacial score (nSPS) is 13.3. The van der Waals surface area contributed by atoms with Crippen LogP contribution in [0.1, 0.15) is 46.0 Å². The molecule has 0 heterocycles. The summed E-state index contributed by atoms with van der Waals surface area (Å²) in [6.45, 7) is 4.05. The fraction of sp³-hybridized carbons (Fsp3) is 0.571. The third-order valence-electron chi connectivity index (χ3n) is 3.11. The van der Waals surface area contributed by atoms with Gasteiger partial charge in [0.1, 0.15) is 10.7 Å². The number of benzene rings is 1. The van der Waals surface area contributed by atoms with E-state index < -0.39 is 15.8 Å². The number of nitrogens with one attached hydrogen (secondary N) is 1. The van der Waals surface area contributed by atoms with Crippen molar-refractivity contribution in [1.29, 1.82) is 0 Å². The molecule has 3 N–H and O–H groups in total. The largest absolute Gasteiger partial charge is 0.399 e. The Bertz CT molecular complexity index is 532. The summed E-state index contributed by atoms with van der Waals surface area (Å²) < 4.78 is 40.8. The highest BCUT2D eigenvalue weighted by atomic mass is 32.2. The average Bonchev–Trinajstić information content (AvgIpc) is 2.35. The van der Waals surface area contributed by atoms with Crippen LogP contribution in [0.25, 0.3) is 0 Å². The van der Waals surface area contributed by atoms with Crippen molar-refractivity contribution in [2.24, 2.45) is 0 Å². The van der Waals surface area contributed by atoms with Gasteiger partial charge in [0.15, 0.2) is 0 Å². The molecule has 1 atom stereocenters. The number of nitrogen functional groups attached to an aromatic ring is 1. The number of halogens is 1. The van der Waals surface area contributed by atoms with Gasteiger partial charge in [-0.1, -0.05) is 33.1 Å². The molecule has 1 aromatic carbocycles. The maximum atomic E-state index is 13.7. The second kappa shape index (κ2) is 7.59. The maximum Gasteiger partial charge on any atom is 0.243 e. The Labute approximate surface area is 120 Å². The smallest absolute Gasteiger partial charge is 0.243 e. The Morgan fingerprint density at radius 2 is 1.95 bits per heavy atom. The number of anilines is 1. The second-order valence-electron chi connectivity index (χ2n) is 4.94. The molecule has 0 fully saturated rings. The lowest BCUT2D eigenvalue weighted by atomic mass is 10.1. The van der Waals surface area contributed by atoms with Crippen molar-refractivity contribution in [1.82, 2.24) is 4.72 Å². The molecule has 0 aliphatic carbocycles. The van der Waals surface area contributed by atoms with E-state index in [4.69, 9.17) is 5.73 Å². The van der Waals surface area contributed by atoms with Crippen molar-refractivity contribution in [3.63, 3.8) is 0 Å². The van der Waals surface area contributed by atoms with Crippen LogP contribution in [0.15, 0.2) is 23.1 Å². The van der Waals surface area contributed by atoms with Crippen LogP contribution in [0.2, 0.25) is 0 Å². The Balaban J connectivity index is 2.91. The third-order valence-corrected chi connectivity index (χ3v) is 4.66.